The van der Waals surface area contributed by atoms with Crippen molar-refractivity contribution in [2.24, 2.45) is 16.7 Å². The van der Waals surface area contributed by atoms with E-state index in [4.69, 9.17) is 0 Å². The summed E-state index contributed by atoms with van der Waals surface area (Å²) < 4.78 is 0. The van der Waals surface area contributed by atoms with Crippen LogP contribution in [0.5, 0.6) is 0 Å². The van der Waals surface area contributed by atoms with Crippen LogP contribution in [0.2, 0.25) is 0 Å². The van der Waals surface area contributed by atoms with Gasteiger partial charge in [0.2, 0.25) is 0 Å². The number of nitrogens with zero attached hydrogens (tertiary/aromatic N) is 1. The Bertz CT molecular complexity index is 272. The molecule has 3 unspecified atom stereocenters. The molecule has 0 aromatic carbocycles. The van der Waals surface area contributed by atoms with Crippen molar-refractivity contribution in [2.45, 2.75) is 52.5 Å². The van der Waals surface area contributed by atoms with E-state index in [1.165, 1.54) is 38.8 Å². The fourth-order valence-electron chi connectivity index (χ4n) is 4.18. The van der Waals surface area contributed by atoms with Gasteiger partial charge in [0, 0.05) is 6.04 Å². The van der Waals surface area contributed by atoms with Crippen LogP contribution in [0.3, 0.4) is 0 Å². The summed E-state index contributed by atoms with van der Waals surface area (Å²) in [7, 11) is 4.31. The highest BCUT2D eigenvalue weighted by Crippen LogP contribution is 2.65. The Labute approximate surface area is 107 Å². The second-order valence-electron chi connectivity index (χ2n) is 7.27. The fourth-order valence-corrected chi connectivity index (χ4v) is 4.18. The summed E-state index contributed by atoms with van der Waals surface area (Å²) in [6.45, 7) is 9.88. The normalized spacial score (nSPS) is 39.2. The molecule has 0 aromatic rings. The van der Waals surface area contributed by atoms with Crippen LogP contribution >= 0.6 is 0 Å². The molecule has 0 amide bonds. The second kappa shape index (κ2) is 4.55. The van der Waals surface area contributed by atoms with Gasteiger partial charge in [0.1, 0.15) is 0 Å². The molecular formula is C15H30N2. The summed E-state index contributed by atoms with van der Waals surface area (Å²) in [5.41, 5.74) is 1.09. The molecule has 3 atom stereocenters. The van der Waals surface area contributed by atoms with Gasteiger partial charge in [0.25, 0.3) is 0 Å². The topological polar surface area (TPSA) is 15.3 Å². The molecule has 0 spiro atoms. The summed E-state index contributed by atoms with van der Waals surface area (Å²) >= 11 is 0. The van der Waals surface area contributed by atoms with E-state index in [0.717, 1.165) is 12.0 Å². The van der Waals surface area contributed by atoms with Gasteiger partial charge in [-0.1, -0.05) is 20.8 Å². The van der Waals surface area contributed by atoms with Crippen molar-refractivity contribution < 1.29 is 0 Å². The molecular weight excluding hydrogens is 208 g/mol. The molecule has 2 bridgehead atoms. The van der Waals surface area contributed by atoms with Crippen molar-refractivity contribution in [1.29, 1.82) is 0 Å². The molecule has 2 nitrogen and oxygen atoms in total. The standard InChI is InChI=1S/C15H30N2/c1-14(2)12-7-8-15(14,3)13(11-12)16-9-6-10-17(4)5/h12-13,16H,6-11H2,1-5H3. The molecule has 0 heterocycles. The maximum Gasteiger partial charge on any atom is 0.0129 e. The minimum Gasteiger partial charge on any atom is -0.313 e. The maximum atomic E-state index is 3.84. The predicted molar refractivity (Wildman–Crippen MR) is 74.2 cm³/mol. The highest BCUT2D eigenvalue weighted by molar-refractivity contribution is 5.12. The average Bonchev–Trinajstić information content (AvgIpc) is 2.56. The van der Waals surface area contributed by atoms with E-state index in [1.807, 2.05) is 0 Å². The molecule has 2 aliphatic rings. The third-order valence-electron chi connectivity index (χ3n) is 5.97. The zero-order valence-corrected chi connectivity index (χ0v) is 12.3. The van der Waals surface area contributed by atoms with Gasteiger partial charge < -0.3 is 10.2 Å². The lowest BCUT2D eigenvalue weighted by Crippen LogP contribution is -2.45. The highest BCUT2D eigenvalue weighted by Gasteiger charge is 2.60. The predicted octanol–water partition coefficient (Wildman–Crippen LogP) is 2.74. The minimum atomic E-state index is 0.537. The Balaban J connectivity index is 1.84. The van der Waals surface area contributed by atoms with E-state index >= 15 is 0 Å². The SMILES string of the molecule is CN(C)CCCNC1CC2CCC1(C)C2(C)C. The second-order valence-corrected chi connectivity index (χ2v) is 7.27. The lowest BCUT2D eigenvalue weighted by atomic mass is 9.69. The maximum absolute atomic E-state index is 3.84. The van der Waals surface area contributed by atoms with Crippen molar-refractivity contribution in [1.82, 2.24) is 10.2 Å². The third-order valence-corrected chi connectivity index (χ3v) is 5.97. The number of hydrogen-bond donors (Lipinski definition) is 1. The number of hydrogen-bond acceptors (Lipinski definition) is 2. The molecule has 2 saturated carbocycles. The van der Waals surface area contributed by atoms with Crippen molar-refractivity contribution >= 4 is 0 Å². The summed E-state index contributed by atoms with van der Waals surface area (Å²) in [6, 6.07) is 0.762. The third kappa shape index (κ3) is 2.15. The molecule has 0 aromatic heterocycles. The first-order valence-electron chi connectivity index (χ1n) is 7.26. The molecule has 2 rings (SSSR count). The van der Waals surface area contributed by atoms with E-state index in [9.17, 15) is 0 Å². The van der Waals surface area contributed by atoms with Gasteiger partial charge in [0.05, 0.1) is 0 Å². The zero-order chi connectivity index (χ0) is 12.7. The lowest BCUT2D eigenvalue weighted by molar-refractivity contribution is 0.121. The first-order valence-corrected chi connectivity index (χ1v) is 7.26. The van der Waals surface area contributed by atoms with E-state index in [1.54, 1.807) is 0 Å². The monoisotopic (exact) mass is 238 g/mol. The van der Waals surface area contributed by atoms with E-state index in [2.05, 4.69) is 45.1 Å². The van der Waals surface area contributed by atoms with E-state index in [-0.39, 0.29) is 0 Å². The quantitative estimate of drug-likeness (QED) is 0.741. The highest BCUT2D eigenvalue weighted by atomic mass is 15.1. The van der Waals surface area contributed by atoms with E-state index < -0.39 is 0 Å². The van der Waals surface area contributed by atoms with Crippen LogP contribution in [-0.4, -0.2) is 38.1 Å². The van der Waals surface area contributed by atoms with Crippen LogP contribution in [0.1, 0.15) is 46.5 Å². The first kappa shape index (κ1) is 13.4. The van der Waals surface area contributed by atoms with Crippen LogP contribution in [-0.2, 0) is 0 Å². The Kier molecular flexibility index (Phi) is 3.57. The lowest BCUT2D eigenvalue weighted by Gasteiger charge is -2.39. The van der Waals surface area contributed by atoms with Gasteiger partial charge in [-0.25, -0.2) is 0 Å². The van der Waals surface area contributed by atoms with Crippen LogP contribution in [0.15, 0.2) is 0 Å². The molecule has 0 saturated heterocycles. The van der Waals surface area contributed by atoms with E-state index in [0.29, 0.717) is 10.8 Å². The molecule has 100 valence electrons. The molecule has 2 aliphatic carbocycles. The van der Waals surface area contributed by atoms with Crippen molar-refractivity contribution in [3.05, 3.63) is 0 Å². The van der Waals surface area contributed by atoms with Gasteiger partial charge >= 0.3 is 0 Å². The van der Waals surface area contributed by atoms with Gasteiger partial charge in [-0.15, -0.1) is 0 Å². The van der Waals surface area contributed by atoms with Crippen LogP contribution in [0.4, 0.5) is 0 Å². The van der Waals surface area contributed by atoms with Crippen LogP contribution < -0.4 is 5.32 Å². The van der Waals surface area contributed by atoms with Gasteiger partial charge in [-0.2, -0.15) is 0 Å². The van der Waals surface area contributed by atoms with Crippen molar-refractivity contribution in [3.63, 3.8) is 0 Å². The molecule has 2 heteroatoms. The minimum absolute atomic E-state index is 0.537. The van der Waals surface area contributed by atoms with Crippen LogP contribution in [0.25, 0.3) is 0 Å². The molecule has 0 radical (unpaired) electrons. The zero-order valence-electron chi connectivity index (χ0n) is 12.3. The largest absolute Gasteiger partial charge is 0.313 e. The Morgan fingerprint density at radius 2 is 1.94 bits per heavy atom. The Morgan fingerprint density at radius 3 is 2.41 bits per heavy atom. The molecule has 17 heavy (non-hydrogen) atoms. The number of rotatable bonds is 5. The summed E-state index contributed by atoms with van der Waals surface area (Å²) in [5, 5.41) is 3.84. The number of fused-ring (bicyclic) bond motifs is 2. The summed E-state index contributed by atoms with van der Waals surface area (Å²) in [5.74, 6) is 0.957. The number of nitrogens with one attached hydrogen (secondary N) is 1. The first-order chi connectivity index (χ1) is 7.88. The van der Waals surface area contributed by atoms with Crippen LogP contribution in [0, 0.1) is 16.7 Å². The van der Waals surface area contributed by atoms with Crippen molar-refractivity contribution in [2.75, 3.05) is 27.2 Å². The smallest absolute Gasteiger partial charge is 0.0129 e. The molecule has 1 N–H and O–H groups in total. The summed E-state index contributed by atoms with van der Waals surface area (Å²) in [4.78, 5) is 2.27. The van der Waals surface area contributed by atoms with Gasteiger partial charge in [-0.05, 0) is 69.6 Å². The Hall–Kier alpha value is -0.0800. The average molecular weight is 238 g/mol. The fraction of sp³-hybridized carbons (Fsp3) is 1.00. The molecule has 2 fully saturated rings. The summed E-state index contributed by atoms with van der Waals surface area (Å²) in [6.07, 6.45) is 5.56. The Morgan fingerprint density at radius 1 is 1.24 bits per heavy atom. The van der Waals surface area contributed by atoms with Gasteiger partial charge in [0.15, 0.2) is 0 Å². The van der Waals surface area contributed by atoms with Gasteiger partial charge in [-0.3, -0.25) is 0 Å². The van der Waals surface area contributed by atoms with Crippen molar-refractivity contribution in [3.8, 4) is 0 Å². The molecule has 0 aliphatic heterocycles.